The molecule has 1 N–H and O–H groups in total. The molecular formula is C27H27NO4S. The highest BCUT2D eigenvalue weighted by atomic mass is 32.1. The van der Waals surface area contributed by atoms with Gasteiger partial charge in [-0.2, -0.15) is 0 Å². The second kappa shape index (κ2) is 8.87. The third-order valence-corrected chi connectivity index (χ3v) is 7.08. The summed E-state index contributed by atoms with van der Waals surface area (Å²) in [6, 6.07) is 14.1. The molecule has 1 saturated heterocycles. The summed E-state index contributed by atoms with van der Waals surface area (Å²) in [7, 11) is 1.60. The monoisotopic (exact) mass is 461 g/mol. The number of nitrogens with zero attached hydrogens (tertiary/aromatic N) is 1. The van der Waals surface area contributed by atoms with E-state index in [1.807, 2.05) is 69.5 Å². The van der Waals surface area contributed by atoms with Gasteiger partial charge in [-0.25, -0.2) is 0 Å². The highest BCUT2D eigenvalue weighted by Gasteiger charge is 2.47. The zero-order valence-corrected chi connectivity index (χ0v) is 20.2. The van der Waals surface area contributed by atoms with E-state index in [1.165, 1.54) is 16.2 Å². The van der Waals surface area contributed by atoms with Crippen LogP contribution < -0.4 is 9.64 Å². The summed E-state index contributed by atoms with van der Waals surface area (Å²) >= 11 is 1.45. The number of anilines is 1. The first-order valence-corrected chi connectivity index (χ1v) is 11.7. The van der Waals surface area contributed by atoms with Crippen LogP contribution in [0.1, 0.15) is 52.9 Å². The third kappa shape index (κ3) is 3.95. The van der Waals surface area contributed by atoms with Crippen molar-refractivity contribution in [2.24, 2.45) is 0 Å². The van der Waals surface area contributed by atoms with Crippen LogP contribution in [0, 0.1) is 13.8 Å². The quantitative estimate of drug-likeness (QED) is 0.282. The standard InChI is InChI=1S/C27H27NO4S/c1-15(2)20-14-18(9-11-21(20)32-5)25(29)23-24(22-7-6-12-33-22)28(27(31)26(23)30)19-10-8-16(3)17(4)13-19/h6-15,24,29H,1-5H3/b25-23-. The number of hydrogen-bond acceptors (Lipinski definition) is 5. The number of benzene rings is 2. The second-order valence-corrected chi connectivity index (χ2v) is 9.54. The van der Waals surface area contributed by atoms with Gasteiger partial charge in [0.15, 0.2) is 0 Å². The minimum Gasteiger partial charge on any atom is -0.507 e. The van der Waals surface area contributed by atoms with E-state index < -0.39 is 17.7 Å². The first-order chi connectivity index (χ1) is 15.7. The van der Waals surface area contributed by atoms with Crippen LogP contribution in [0.2, 0.25) is 0 Å². The summed E-state index contributed by atoms with van der Waals surface area (Å²) in [5.74, 6) is -0.643. The van der Waals surface area contributed by atoms with E-state index in [1.54, 1.807) is 19.2 Å². The van der Waals surface area contributed by atoms with Gasteiger partial charge < -0.3 is 9.84 Å². The normalized spacial score (nSPS) is 17.8. The summed E-state index contributed by atoms with van der Waals surface area (Å²) in [5.41, 5.74) is 4.26. The molecule has 33 heavy (non-hydrogen) atoms. The Labute approximate surface area is 197 Å². The number of carbonyl (C=O) groups excluding carboxylic acids is 2. The lowest BCUT2D eigenvalue weighted by molar-refractivity contribution is -0.132. The van der Waals surface area contributed by atoms with E-state index in [9.17, 15) is 14.7 Å². The van der Waals surface area contributed by atoms with E-state index in [-0.39, 0.29) is 17.3 Å². The molecule has 1 unspecified atom stereocenters. The lowest BCUT2D eigenvalue weighted by Crippen LogP contribution is -2.29. The van der Waals surface area contributed by atoms with Crippen molar-refractivity contribution >= 4 is 34.5 Å². The van der Waals surface area contributed by atoms with Crippen molar-refractivity contribution < 1.29 is 19.4 Å². The summed E-state index contributed by atoms with van der Waals surface area (Å²) in [6.07, 6.45) is 0. The van der Waals surface area contributed by atoms with E-state index in [0.717, 1.165) is 21.6 Å². The van der Waals surface area contributed by atoms with Crippen molar-refractivity contribution in [1.82, 2.24) is 0 Å². The van der Waals surface area contributed by atoms with Gasteiger partial charge >= 0.3 is 0 Å². The molecule has 0 radical (unpaired) electrons. The van der Waals surface area contributed by atoms with Crippen LogP contribution in [0.3, 0.4) is 0 Å². The van der Waals surface area contributed by atoms with Gasteiger partial charge in [-0.05, 0) is 78.2 Å². The topological polar surface area (TPSA) is 66.8 Å². The highest BCUT2D eigenvalue weighted by Crippen LogP contribution is 2.44. The fourth-order valence-electron chi connectivity index (χ4n) is 4.18. The lowest BCUT2D eigenvalue weighted by atomic mass is 9.95. The second-order valence-electron chi connectivity index (χ2n) is 8.56. The Kier molecular flexibility index (Phi) is 6.13. The number of carbonyl (C=O) groups is 2. The van der Waals surface area contributed by atoms with Crippen LogP contribution in [-0.2, 0) is 9.59 Å². The molecule has 1 aliphatic heterocycles. The number of rotatable bonds is 5. The summed E-state index contributed by atoms with van der Waals surface area (Å²) < 4.78 is 5.46. The van der Waals surface area contributed by atoms with Crippen molar-refractivity contribution in [1.29, 1.82) is 0 Å². The number of methoxy groups -OCH3 is 1. The minimum absolute atomic E-state index is 0.0977. The Hall–Kier alpha value is -3.38. The number of hydrogen-bond donors (Lipinski definition) is 1. The zero-order chi connectivity index (χ0) is 23.9. The average Bonchev–Trinajstić information content (AvgIpc) is 3.42. The van der Waals surface area contributed by atoms with E-state index in [2.05, 4.69) is 0 Å². The Morgan fingerprint density at radius 2 is 1.82 bits per heavy atom. The van der Waals surface area contributed by atoms with E-state index >= 15 is 0 Å². The number of amides is 1. The number of aliphatic hydroxyl groups is 1. The number of ether oxygens (including phenoxy) is 1. The molecule has 3 aromatic rings. The maximum absolute atomic E-state index is 13.3. The minimum atomic E-state index is -0.697. The van der Waals surface area contributed by atoms with Crippen LogP contribution in [0.5, 0.6) is 5.75 Å². The van der Waals surface area contributed by atoms with Gasteiger partial charge in [0.05, 0.1) is 12.7 Å². The SMILES string of the molecule is COc1ccc(/C(O)=C2/C(=O)C(=O)N(c3ccc(C)c(C)c3)C2c2cccs2)cc1C(C)C. The van der Waals surface area contributed by atoms with Crippen molar-refractivity contribution in [3.05, 3.63) is 86.6 Å². The zero-order valence-electron chi connectivity index (χ0n) is 19.4. The van der Waals surface area contributed by atoms with Crippen molar-refractivity contribution in [3.8, 4) is 5.75 Å². The molecule has 5 nitrogen and oxygen atoms in total. The van der Waals surface area contributed by atoms with Crippen LogP contribution in [0.25, 0.3) is 5.76 Å². The molecule has 0 spiro atoms. The van der Waals surface area contributed by atoms with Crippen molar-refractivity contribution in [2.75, 3.05) is 12.0 Å². The van der Waals surface area contributed by atoms with Crippen LogP contribution in [-0.4, -0.2) is 23.9 Å². The Morgan fingerprint density at radius 3 is 2.42 bits per heavy atom. The molecule has 0 bridgehead atoms. The number of ketones is 1. The van der Waals surface area contributed by atoms with Crippen LogP contribution >= 0.6 is 11.3 Å². The molecule has 2 heterocycles. The molecule has 170 valence electrons. The molecule has 0 aliphatic carbocycles. The molecule has 1 amide bonds. The Morgan fingerprint density at radius 1 is 1.06 bits per heavy atom. The summed E-state index contributed by atoms with van der Waals surface area (Å²) in [4.78, 5) is 28.8. The fraction of sp³-hybridized carbons (Fsp3) is 0.259. The Bertz CT molecular complexity index is 1260. The van der Waals surface area contributed by atoms with Gasteiger partial charge in [-0.3, -0.25) is 14.5 Å². The van der Waals surface area contributed by atoms with Crippen molar-refractivity contribution in [3.63, 3.8) is 0 Å². The van der Waals surface area contributed by atoms with E-state index in [0.29, 0.717) is 17.0 Å². The smallest absolute Gasteiger partial charge is 0.300 e. The number of aryl methyl sites for hydroxylation is 2. The maximum atomic E-state index is 13.3. The summed E-state index contributed by atoms with van der Waals surface area (Å²) in [5, 5.41) is 13.3. The molecular weight excluding hydrogens is 434 g/mol. The van der Waals surface area contributed by atoms with Gasteiger partial charge in [0.25, 0.3) is 11.7 Å². The first-order valence-electron chi connectivity index (χ1n) is 10.8. The van der Waals surface area contributed by atoms with Crippen LogP contribution in [0.15, 0.2) is 59.5 Å². The molecule has 1 fully saturated rings. The summed E-state index contributed by atoms with van der Waals surface area (Å²) in [6.45, 7) is 8.04. The Balaban J connectivity index is 1.92. The highest BCUT2D eigenvalue weighted by molar-refractivity contribution is 7.10. The number of thiophene rings is 1. The predicted octanol–water partition coefficient (Wildman–Crippen LogP) is 6.12. The molecule has 2 aromatic carbocycles. The van der Waals surface area contributed by atoms with Gasteiger partial charge in [0, 0.05) is 16.1 Å². The number of aliphatic hydroxyl groups excluding tert-OH is 1. The van der Waals surface area contributed by atoms with Gasteiger partial charge in [0.2, 0.25) is 0 Å². The third-order valence-electron chi connectivity index (χ3n) is 6.15. The first kappa shape index (κ1) is 22.8. The van der Waals surface area contributed by atoms with E-state index in [4.69, 9.17) is 4.74 Å². The van der Waals surface area contributed by atoms with Gasteiger partial charge in [-0.1, -0.05) is 26.0 Å². The molecule has 1 aromatic heterocycles. The molecule has 4 rings (SSSR count). The number of Topliss-reactive ketones (excluding diaryl/α,β-unsaturated/α-hetero) is 1. The molecule has 6 heteroatoms. The van der Waals surface area contributed by atoms with Gasteiger partial charge in [0.1, 0.15) is 17.6 Å². The maximum Gasteiger partial charge on any atom is 0.300 e. The average molecular weight is 462 g/mol. The van der Waals surface area contributed by atoms with Gasteiger partial charge in [-0.15, -0.1) is 11.3 Å². The lowest BCUT2D eigenvalue weighted by Gasteiger charge is -2.25. The molecule has 1 aliphatic rings. The molecule has 0 saturated carbocycles. The van der Waals surface area contributed by atoms with Crippen LogP contribution in [0.4, 0.5) is 5.69 Å². The fourth-order valence-corrected chi connectivity index (χ4v) is 5.00. The predicted molar refractivity (Wildman–Crippen MR) is 132 cm³/mol. The largest absolute Gasteiger partial charge is 0.507 e. The van der Waals surface area contributed by atoms with Crippen molar-refractivity contribution in [2.45, 2.75) is 39.7 Å². The molecule has 1 atom stereocenters.